The van der Waals surface area contributed by atoms with E-state index < -0.39 is 5.60 Å². The van der Waals surface area contributed by atoms with Gasteiger partial charge in [0.25, 0.3) is 0 Å². The number of likely N-dealkylation sites (tertiary alicyclic amines) is 1. The first-order valence-corrected chi connectivity index (χ1v) is 11.7. The normalized spacial score (nSPS) is 17.0. The third-order valence-corrected chi connectivity index (χ3v) is 6.16. The Morgan fingerprint density at radius 3 is 2.23 bits per heavy atom. The third-order valence-electron chi connectivity index (χ3n) is 6.16. The van der Waals surface area contributed by atoms with Crippen molar-refractivity contribution in [1.29, 1.82) is 0 Å². The van der Waals surface area contributed by atoms with Gasteiger partial charge >= 0.3 is 0 Å². The van der Waals surface area contributed by atoms with E-state index in [2.05, 4.69) is 73.1 Å². The van der Waals surface area contributed by atoms with Gasteiger partial charge in [0.2, 0.25) is 0 Å². The van der Waals surface area contributed by atoms with Gasteiger partial charge in [0.05, 0.1) is 26.4 Å². The Bertz CT molecular complexity index is 803. The minimum absolute atomic E-state index is 0.401. The summed E-state index contributed by atoms with van der Waals surface area (Å²) in [6, 6.07) is 21.1. The highest BCUT2D eigenvalue weighted by Gasteiger charge is 2.21. The molecule has 3 heteroatoms. The Kier molecular flexibility index (Phi) is 9.62. The van der Waals surface area contributed by atoms with Crippen molar-refractivity contribution in [1.82, 2.24) is 4.90 Å². The van der Waals surface area contributed by atoms with E-state index in [1.54, 1.807) is 0 Å². The molecule has 1 atom stereocenters. The number of benzene rings is 2. The standard InChI is InChI=1S/C28H37NO2/c1-3-28(2,31-22-21-30-24-27-13-8-5-9-14-27)17-10-18-29-19-15-26(16-20-29)23-25-11-6-4-7-12-25/h4-9,11-14,26H,3,15-16,18-24H2,1-2H3/t28-/m1/s1. The fourth-order valence-corrected chi connectivity index (χ4v) is 3.95. The number of piperidine rings is 1. The highest BCUT2D eigenvalue weighted by Crippen LogP contribution is 2.21. The maximum absolute atomic E-state index is 6.07. The number of hydrogen-bond acceptors (Lipinski definition) is 3. The van der Waals surface area contributed by atoms with Gasteiger partial charge < -0.3 is 9.47 Å². The van der Waals surface area contributed by atoms with Crippen LogP contribution in [0.25, 0.3) is 0 Å². The minimum atomic E-state index is -0.401. The molecule has 1 aliphatic rings. The van der Waals surface area contributed by atoms with Crippen molar-refractivity contribution >= 4 is 0 Å². The highest BCUT2D eigenvalue weighted by atomic mass is 16.5. The number of nitrogens with zero attached hydrogens (tertiary/aromatic N) is 1. The zero-order valence-electron chi connectivity index (χ0n) is 19.2. The topological polar surface area (TPSA) is 21.7 Å². The summed E-state index contributed by atoms with van der Waals surface area (Å²) in [6.07, 6.45) is 4.60. The molecule has 3 rings (SSSR count). The molecule has 31 heavy (non-hydrogen) atoms. The second kappa shape index (κ2) is 12.7. The van der Waals surface area contributed by atoms with Crippen LogP contribution in [0.15, 0.2) is 60.7 Å². The van der Waals surface area contributed by atoms with Gasteiger partial charge in [0.1, 0.15) is 5.60 Å². The molecule has 1 fully saturated rings. The maximum atomic E-state index is 6.07. The lowest BCUT2D eigenvalue weighted by molar-refractivity contribution is -0.0281. The molecule has 0 amide bonds. The van der Waals surface area contributed by atoms with Crippen LogP contribution in [0.3, 0.4) is 0 Å². The van der Waals surface area contributed by atoms with Gasteiger partial charge in [-0.05, 0) is 62.7 Å². The monoisotopic (exact) mass is 419 g/mol. The van der Waals surface area contributed by atoms with Crippen molar-refractivity contribution in [3.63, 3.8) is 0 Å². The average molecular weight is 420 g/mol. The van der Waals surface area contributed by atoms with E-state index in [4.69, 9.17) is 9.47 Å². The van der Waals surface area contributed by atoms with Crippen LogP contribution in [0.4, 0.5) is 0 Å². The first kappa shape index (κ1) is 23.5. The second-order valence-electron chi connectivity index (χ2n) is 8.68. The lowest BCUT2D eigenvalue weighted by Gasteiger charge is -2.31. The van der Waals surface area contributed by atoms with Gasteiger partial charge in [-0.1, -0.05) is 79.4 Å². The van der Waals surface area contributed by atoms with Gasteiger partial charge in [-0.2, -0.15) is 0 Å². The molecule has 166 valence electrons. The molecule has 2 aromatic rings. The van der Waals surface area contributed by atoms with E-state index in [1.807, 2.05) is 18.2 Å². The zero-order chi connectivity index (χ0) is 21.8. The molecule has 0 radical (unpaired) electrons. The van der Waals surface area contributed by atoms with Crippen molar-refractivity contribution in [3.05, 3.63) is 71.8 Å². The van der Waals surface area contributed by atoms with E-state index in [0.717, 1.165) is 32.0 Å². The number of hydrogen-bond donors (Lipinski definition) is 0. The first-order valence-electron chi connectivity index (χ1n) is 11.7. The van der Waals surface area contributed by atoms with Gasteiger partial charge in [-0.15, -0.1) is 0 Å². The quantitative estimate of drug-likeness (QED) is 0.383. The SMILES string of the molecule is CC[C@](C)(C#CCN1CCC(Cc2ccccc2)CC1)OCCOCc1ccccc1. The smallest absolute Gasteiger partial charge is 0.125 e. The Hall–Kier alpha value is -2.12. The zero-order valence-corrected chi connectivity index (χ0v) is 19.2. The van der Waals surface area contributed by atoms with Crippen LogP contribution in [0.1, 0.15) is 44.2 Å². The molecule has 1 saturated heterocycles. The summed E-state index contributed by atoms with van der Waals surface area (Å²) >= 11 is 0. The summed E-state index contributed by atoms with van der Waals surface area (Å²) in [5.41, 5.74) is 2.25. The lowest BCUT2D eigenvalue weighted by atomic mass is 9.90. The van der Waals surface area contributed by atoms with Crippen molar-refractivity contribution in [2.24, 2.45) is 5.92 Å². The lowest BCUT2D eigenvalue weighted by Crippen LogP contribution is -2.35. The summed E-state index contributed by atoms with van der Waals surface area (Å²) in [5.74, 6) is 7.57. The number of ether oxygens (including phenoxy) is 2. The fraction of sp³-hybridized carbons (Fsp3) is 0.500. The van der Waals surface area contributed by atoms with Gasteiger partial charge in [0, 0.05) is 0 Å². The van der Waals surface area contributed by atoms with Crippen LogP contribution < -0.4 is 0 Å². The fourth-order valence-electron chi connectivity index (χ4n) is 3.95. The Labute approximate surface area is 188 Å². The molecular weight excluding hydrogens is 382 g/mol. The van der Waals surface area contributed by atoms with Crippen LogP contribution in [-0.2, 0) is 22.5 Å². The molecule has 0 aliphatic carbocycles. The van der Waals surface area contributed by atoms with E-state index in [0.29, 0.717) is 19.8 Å². The largest absolute Gasteiger partial charge is 0.374 e. The summed E-state index contributed by atoms with van der Waals surface area (Å²) in [5, 5.41) is 0. The second-order valence-corrected chi connectivity index (χ2v) is 8.68. The molecule has 0 spiro atoms. The Morgan fingerprint density at radius 2 is 1.58 bits per heavy atom. The highest BCUT2D eigenvalue weighted by molar-refractivity contribution is 5.16. The predicted molar refractivity (Wildman–Crippen MR) is 128 cm³/mol. The molecule has 0 unspecified atom stereocenters. The summed E-state index contributed by atoms with van der Waals surface area (Å²) in [6.45, 7) is 9.11. The molecule has 0 saturated carbocycles. The molecule has 3 nitrogen and oxygen atoms in total. The van der Waals surface area contributed by atoms with Crippen LogP contribution >= 0.6 is 0 Å². The molecule has 2 aromatic carbocycles. The van der Waals surface area contributed by atoms with Crippen LogP contribution in [0.2, 0.25) is 0 Å². The summed E-state index contributed by atoms with van der Waals surface area (Å²) in [7, 11) is 0. The first-order chi connectivity index (χ1) is 15.2. The summed E-state index contributed by atoms with van der Waals surface area (Å²) < 4.78 is 11.8. The van der Waals surface area contributed by atoms with Crippen LogP contribution in [0, 0.1) is 17.8 Å². The van der Waals surface area contributed by atoms with Gasteiger partial charge in [-0.3, -0.25) is 4.90 Å². The molecule has 1 heterocycles. The minimum Gasteiger partial charge on any atom is -0.374 e. The summed E-state index contributed by atoms with van der Waals surface area (Å²) in [4.78, 5) is 2.48. The molecule has 0 bridgehead atoms. The van der Waals surface area contributed by atoms with Crippen LogP contribution in [-0.4, -0.2) is 43.3 Å². The van der Waals surface area contributed by atoms with Crippen LogP contribution in [0.5, 0.6) is 0 Å². The van der Waals surface area contributed by atoms with E-state index in [-0.39, 0.29) is 0 Å². The molecule has 0 N–H and O–H groups in total. The predicted octanol–water partition coefficient (Wildman–Crippen LogP) is 5.35. The molecular formula is C28H37NO2. The van der Waals surface area contributed by atoms with Crippen molar-refractivity contribution < 1.29 is 9.47 Å². The van der Waals surface area contributed by atoms with E-state index >= 15 is 0 Å². The van der Waals surface area contributed by atoms with E-state index in [1.165, 1.54) is 30.4 Å². The van der Waals surface area contributed by atoms with E-state index in [9.17, 15) is 0 Å². The Morgan fingerprint density at radius 1 is 0.935 bits per heavy atom. The van der Waals surface area contributed by atoms with Crippen molar-refractivity contribution in [3.8, 4) is 11.8 Å². The maximum Gasteiger partial charge on any atom is 0.125 e. The third kappa shape index (κ3) is 8.50. The van der Waals surface area contributed by atoms with Crippen molar-refractivity contribution in [2.75, 3.05) is 32.8 Å². The van der Waals surface area contributed by atoms with Gasteiger partial charge in [-0.25, -0.2) is 0 Å². The molecule has 0 aromatic heterocycles. The number of rotatable bonds is 10. The molecule has 1 aliphatic heterocycles. The average Bonchev–Trinajstić information content (AvgIpc) is 2.81. The van der Waals surface area contributed by atoms with Crippen molar-refractivity contribution in [2.45, 2.75) is 51.7 Å². The van der Waals surface area contributed by atoms with Gasteiger partial charge in [0.15, 0.2) is 0 Å². The Balaban J connectivity index is 1.33.